The first-order valence-corrected chi connectivity index (χ1v) is 5.51. The van der Waals surface area contributed by atoms with Crippen LogP contribution in [0.4, 0.5) is 11.4 Å². The number of nitro benzene ring substituents is 1. The van der Waals surface area contributed by atoms with Crippen LogP contribution in [0.25, 0.3) is 0 Å². The van der Waals surface area contributed by atoms with Gasteiger partial charge in [0.25, 0.3) is 11.6 Å². The molecule has 0 aliphatic carbocycles. The second-order valence-corrected chi connectivity index (χ2v) is 3.95. The van der Waals surface area contributed by atoms with Crippen molar-refractivity contribution in [3.8, 4) is 5.75 Å². The van der Waals surface area contributed by atoms with Crippen molar-refractivity contribution in [2.75, 3.05) is 18.0 Å². The van der Waals surface area contributed by atoms with Crippen molar-refractivity contribution in [1.29, 1.82) is 0 Å². The van der Waals surface area contributed by atoms with Crippen LogP contribution in [-0.2, 0) is 4.79 Å². The van der Waals surface area contributed by atoms with Crippen molar-refractivity contribution < 1.29 is 14.5 Å². The zero-order valence-corrected chi connectivity index (χ0v) is 9.83. The van der Waals surface area contributed by atoms with Crippen LogP contribution in [0.2, 0.25) is 0 Å². The summed E-state index contributed by atoms with van der Waals surface area (Å²) in [5.74, 6) is 0.145. The summed E-state index contributed by atoms with van der Waals surface area (Å²) in [4.78, 5) is 23.6. The lowest BCUT2D eigenvalue weighted by atomic mass is 10.1. The fourth-order valence-electron chi connectivity index (χ4n) is 1.87. The normalized spacial score (nSPS) is 18.2. The van der Waals surface area contributed by atoms with E-state index in [-0.39, 0.29) is 11.6 Å². The number of benzene rings is 1. The Morgan fingerprint density at radius 2 is 2.28 bits per heavy atom. The predicted octanol–water partition coefficient (Wildman–Crippen LogP) is 0.667. The number of hydrogen-bond donors (Lipinski definition) is 1. The van der Waals surface area contributed by atoms with Crippen LogP contribution in [-0.4, -0.2) is 30.0 Å². The number of nitro groups is 1. The first-order valence-electron chi connectivity index (χ1n) is 5.51. The fourth-order valence-corrected chi connectivity index (χ4v) is 1.87. The minimum atomic E-state index is -0.661. The highest BCUT2D eigenvalue weighted by molar-refractivity contribution is 6.00. The molecule has 1 heterocycles. The molecule has 7 nitrogen and oxygen atoms in total. The SMILES string of the molecule is CC1Oc2cc([N+](=O)[O-])ccc2N(CCN)C1=O. The third kappa shape index (κ3) is 2.00. The molecule has 1 aromatic carbocycles. The molecule has 0 spiro atoms. The Labute approximate surface area is 103 Å². The van der Waals surface area contributed by atoms with E-state index in [2.05, 4.69) is 0 Å². The van der Waals surface area contributed by atoms with Crippen molar-refractivity contribution in [2.45, 2.75) is 13.0 Å². The molecule has 1 unspecified atom stereocenters. The number of nitrogens with zero attached hydrogens (tertiary/aromatic N) is 2. The molecule has 96 valence electrons. The molecule has 2 N–H and O–H groups in total. The number of amides is 1. The lowest BCUT2D eigenvalue weighted by Gasteiger charge is -2.32. The first-order chi connectivity index (χ1) is 8.54. The highest BCUT2D eigenvalue weighted by atomic mass is 16.6. The van der Waals surface area contributed by atoms with E-state index in [0.717, 1.165) is 0 Å². The third-order valence-electron chi connectivity index (χ3n) is 2.72. The zero-order chi connectivity index (χ0) is 13.3. The van der Waals surface area contributed by atoms with Gasteiger partial charge in [0.05, 0.1) is 16.7 Å². The summed E-state index contributed by atoms with van der Waals surface area (Å²) < 4.78 is 5.37. The van der Waals surface area contributed by atoms with Gasteiger partial charge in [0.15, 0.2) is 11.9 Å². The smallest absolute Gasteiger partial charge is 0.273 e. The predicted molar refractivity (Wildman–Crippen MR) is 64.6 cm³/mol. The molecule has 1 aromatic rings. The molecular formula is C11H13N3O4. The Bertz CT molecular complexity index is 503. The second kappa shape index (κ2) is 4.61. The molecule has 0 saturated heterocycles. The summed E-state index contributed by atoms with van der Waals surface area (Å²) >= 11 is 0. The van der Waals surface area contributed by atoms with Crippen LogP contribution in [0.1, 0.15) is 6.92 Å². The first kappa shape index (κ1) is 12.3. The van der Waals surface area contributed by atoms with E-state index in [9.17, 15) is 14.9 Å². The molecule has 1 aliphatic heterocycles. The van der Waals surface area contributed by atoms with Crippen LogP contribution in [0.5, 0.6) is 5.75 Å². The Kier molecular flexibility index (Phi) is 3.15. The standard InChI is InChI=1S/C11H13N3O4/c1-7-11(15)13(5-4-12)9-3-2-8(14(16)17)6-10(9)18-7/h2-3,6-7H,4-5,12H2,1H3. The van der Waals surface area contributed by atoms with E-state index in [1.807, 2.05) is 0 Å². The van der Waals surface area contributed by atoms with Gasteiger partial charge in [-0.1, -0.05) is 0 Å². The molecule has 0 saturated carbocycles. The maximum atomic E-state index is 11.9. The molecule has 1 aliphatic rings. The maximum Gasteiger partial charge on any atom is 0.273 e. The number of fused-ring (bicyclic) bond motifs is 1. The minimum absolute atomic E-state index is 0.0667. The van der Waals surface area contributed by atoms with Gasteiger partial charge in [-0.3, -0.25) is 14.9 Å². The van der Waals surface area contributed by atoms with E-state index in [1.165, 1.54) is 23.1 Å². The highest BCUT2D eigenvalue weighted by Gasteiger charge is 2.31. The number of ether oxygens (including phenoxy) is 1. The van der Waals surface area contributed by atoms with Crippen LogP contribution >= 0.6 is 0 Å². The Morgan fingerprint density at radius 3 is 2.89 bits per heavy atom. The number of carbonyl (C=O) groups excluding carboxylic acids is 1. The highest BCUT2D eigenvalue weighted by Crippen LogP contribution is 2.36. The number of hydrogen-bond acceptors (Lipinski definition) is 5. The zero-order valence-electron chi connectivity index (χ0n) is 9.83. The van der Waals surface area contributed by atoms with Gasteiger partial charge in [-0.05, 0) is 13.0 Å². The number of rotatable bonds is 3. The minimum Gasteiger partial charge on any atom is -0.478 e. The molecule has 0 aromatic heterocycles. The summed E-state index contributed by atoms with van der Waals surface area (Å²) in [5, 5.41) is 10.7. The lowest BCUT2D eigenvalue weighted by molar-refractivity contribution is -0.384. The van der Waals surface area contributed by atoms with Gasteiger partial charge in [0, 0.05) is 19.2 Å². The molecule has 0 fully saturated rings. The van der Waals surface area contributed by atoms with Crippen molar-refractivity contribution >= 4 is 17.3 Å². The molecule has 2 rings (SSSR count). The van der Waals surface area contributed by atoms with Crippen molar-refractivity contribution in [3.63, 3.8) is 0 Å². The largest absolute Gasteiger partial charge is 0.478 e. The molecule has 0 bridgehead atoms. The monoisotopic (exact) mass is 251 g/mol. The Morgan fingerprint density at radius 1 is 1.56 bits per heavy atom. The van der Waals surface area contributed by atoms with E-state index < -0.39 is 11.0 Å². The average molecular weight is 251 g/mol. The van der Waals surface area contributed by atoms with E-state index in [0.29, 0.717) is 24.5 Å². The lowest BCUT2D eigenvalue weighted by Crippen LogP contribution is -2.46. The molecular weight excluding hydrogens is 238 g/mol. The summed E-state index contributed by atoms with van der Waals surface area (Å²) in [6, 6.07) is 4.17. The number of carbonyl (C=O) groups is 1. The van der Waals surface area contributed by atoms with Crippen molar-refractivity contribution in [2.24, 2.45) is 5.73 Å². The summed E-state index contributed by atoms with van der Waals surface area (Å²) in [6.07, 6.45) is -0.661. The van der Waals surface area contributed by atoms with Gasteiger partial charge in [-0.25, -0.2) is 0 Å². The van der Waals surface area contributed by atoms with Gasteiger partial charge < -0.3 is 15.4 Å². The molecule has 1 amide bonds. The second-order valence-electron chi connectivity index (χ2n) is 3.95. The van der Waals surface area contributed by atoms with Gasteiger partial charge in [-0.15, -0.1) is 0 Å². The molecule has 0 radical (unpaired) electrons. The van der Waals surface area contributed by atoms with Crippen LogP contribution < -0.4 is 15.4 Å². The van der Waals surface area contributed by atoms with E-state index in [4.69, 9.17) is 10.5 Å². The van der Waals surface area contributed by atoms with Crippen LogP contribution in [0.3, 0.4) is 0 Å². The number of non-ortho nitro benzene ring substituents is 1. The Balaban J connectivity index is 2.45. The van der Waals surface area contributed by atoms with Crippen LogP contribution in [0, 0.1) is 10.1 Å². The fraction of sp³-hybridized carbons (Fsp3) is 0.364. The topological polar surface area (TPSA) is 98.7 Å². The average Bonchev–Trinajstić information content (AvgIpc) is 2.34. The summed E-state index contributed by atoms with van der Waals surface area (Å²) in [6.45, 7) is 2.28. The molecule has 1 atom stereocenters. The molecule has 18 heavy (non-hydrogen) atoms. The van der Waals surface area contributed by atoms with Crippen molar-refractivity contribution in [3.05, 3.63) is 28.3 Å². The molecule has 7 heteroatoms. The van der Waals surface area contributed by atoms with Gasteiger partial charge in [-0.2, -0.15) is 0 Å². The van der Waals surface area contributed by atoms with E-state index in [1.54, 1.807) is 6.92 Å². The maximum absolute atomic E-state index is 11.9. The number of nitrogens with two attached hydrogens (primary N) is 1. The van der Waals surface area contributed by atoms with E-state index >= 15 is 0 Å². The van der Waals surface area contributed by atoms with Gasteiger partial charge >= 0.3 is 0 Å². The van der Waals surface area contributed by atoms with Gasteiger partial charge in [0.1, 0.15) is 0 Å². The Hall–Kier alpha value is -2.15. The third-order valence-corrected chi connectivity index (χ3v) is 2.72. The van der Waals surface area contributed by atoms with Crippen molar-refractivity contribution in [1.82, 2.24) is 0 Å². The number of anilines is 1. The summed E-state index contributed by atoms with van der Waals surface area (Å²) in [5.41, 5.74) is 5.92. The quantitative estimate of drug-likeness (QED) is 0.628. The van der Waals surface area contributed by atoms with Crippen LogP contribution in [0.15, 0.2) is 18.2 Å². The van der Waals surface area contributed by atoms with Gasteiger partial charge in [0.2, 0.25) is 0 Å². The summed E-state index contributed by atoms with van der Waals surface area (Å²) in [7, 11) is 0.